The number of carbonyl (C=O) groups excluding carboxylic acids is 1. The Hall–Kier alpha value is -4.19. The highest BCUT2D eigenvalue weighted by atomic mass is 19.1. The van der Waals surface area contributed by atoms with Gasteiger partial charge in [0.05, 0.1) is 18.7 Å². The summed E-state index contributed by atoms with van der Waals surface area (Å²) in [5.74, 6) is 0.530. The van der Waals surface area contributed by atoms with Gasteiger partial charge in [-0.25, -0.2) is 9.18 Å². The van der Waals surface area contributed by atoms with E-state index in [2.05, 4.69) is 16.4 Å². The van der Waals surface area contributed by atoms with Gasteiger partial charge in [0.2, 0.25) is 0 Å². The van der Waals surface area contributed by atoms with Crippen LogP contribution in [0.2, 0.25) is 0 Å². The molecule has 2 unspecified atom stereocenters. The Morgan fingerprint density at radius 3 is 2.68 bits per heavy atom. The molecule has 2 atom stereocenters. The second-order valence-corrected chi connectivity index (χ2v) is 9.72. The van der Waals surface area contributed by atoms with E-state index in [4.69, 9.17) is 4.74 Å². The predicted molar refractivity (Wildman–Crippen MR) is 144 cm³/mol. The molecule has 0 aliphatic carbocycles. The van der Waals surface area contributed by atoms with E-state index in [-0.39, 0.29) is 23.9 Å². The maximum absolute atomic E-state index is 15.3. The Balaban J connectivity index is 1.17. The van der Waals surface area contributed by atoms with Crippen LogP contribution in [0.25, 0.3) is 27.6 Å². The third-order valence-corrected chi connectivity index (χ3v) is 7.47. The summed E-state index contributed by atoms with van der Waals surface area (Å²) in [6, 6.07) is 23.0. The number of fused-ring (bicyclic) bond motifs is 3. The number of hydrogen-bond donors (Lipinski definition) is 1. The summed E-state index contributed by atoms with van der Waals surface area (Å²) in [5.41, 5.74) is 5.20. The highest BCUT2D eigenvalue weighted by molar-refractivity contribution is 5.84. The Kier molecular flexibility index (Phi) is 6.08. The highest BCUT2D eigenvalue weighted by Gasteiger charge is 2.39. The molecule has 5 nitrogen and oxygen atoms in total. The number of nitrogens with zero attached hydrogens (tertiary/aromatic N) is 2. The van der Waals surface area contributed by atoms with Crippen LogP contribution in [0.3, 0.4) is 0 Å². The third-order valence-electron chi connectivity index (χ3n) is 7.47. The van der Waals surface area contributed by atoms with E-state index in [1.807, 2.05) is 71.6 Å². The van der Waals surface area contributed by atoms with Gasteiger partial charge in [0.15, 0.2) is 0 Å². The molecule has 2 amide bonds. The Bertz CT molecular complexity index is 1500. The largest absolute Gasteiger partial charge is 0.497 e. The molecular formula is C31H28FN3O2. The standard InChI is InChI=1S/C31H28FN3O2/c1-37-27-11-6-20(7-12-27)18-34-31(36)35-25-9-10-26(35)16-23(15-25)21-8-13-28(29(32)17-21)24-14-22-4-2-3-5-30(22)33-19-24/h2-8,11-15,17,19,25-26H,9-10,16,18H2,1H3,(H,34,36). The summed E-state index contributed by atoms with van der Waals surface area (Å²) in [4.78, 5) is 19.5. The number of nitrogens with one attached hydrogen (secondary N) is 1. The summed E-state index contributed by atoms with van der Waals surface area (Å²) < 4.78 is 20.5. The zero-order valence-corrected chi connectivity index (χ0v) is 20.7. The van der Waals surface area contributed by atoms with Crippen LogP contribution in [-0.2, 0) is 6.54 Å². The second-order valence-electron chi connectivity index (χ2n) is 9.72. The second kappa shape index (κ2) is 9.69. The molecule has 4 aromatic rings. The fraction of sp³-hybridized carbons (Fsp3) is 0.226. The van der Waals surface area contributed by atoms with Gasteiger partial charge in [-0.05, 0) is 66.3 Å². The van der Waals surface area contributed by atoms with Crippen molar-refractivity contribution < 1.29 is 13.9 Å². The lowest BCUT2D eigenvalue weighted by atomic mass is 9.93. The van der Waals surface area contributed by atoms with Crippen LogP contribution in [0.15, 0.2) is 85.1 Å². The molecule has 3 aromatic carbocycles. The number of benzene rings is 3. The molecule has 6 heteroatoms. The molecule has 1 fully saturated rings. The molecule has 1 saturated heterocycles. The van der Waals surface area contributed by atoms with Gasteiger partial charge < -0.3 is 15.0 Å². The normalized spacial score (nSPS) is 18.5. The number of aromatic nitrogens is 1. The SMILES string of the molecule is COc1ccc(CNC(=O)N2C3C=C(c4ccc(-c5cnc6ccccc6c5)c(F)c4)CC2CC3)cc1. The molecule has 0 saturated carbocycles. The molecule has 1 N–H and O–H groups in total. The van der Waals surface area contributed by atoms with Crippen LogP contribution in [0.5, 0.6) is 5.75 Å². The fourth-order valence-electron chi connectivity index (χ4n) is 5.54. The molecule has 0 spiro atoms. The van der Waals surface area contributed by atoms with Gasteiger partial charge in [-0.1, -0.05) is 48.5 Å². The zero-order chi connectivity index (χ0) is 25.4. The first-order valence-corrected chi connectivity index (χ1v) is 12.6. The van der Waals surface area contributed by atoms with Gasteiger partial charge in [0.25, 0.3) is 0 Å². The van der Waals surface area contributed by atoms with Gasteiger partial charge >= 0.3 is 6.03 Å². The lowest BCUT2D eigenvalue weighted by molar-refractivity contribution is 0.179. The van der Waals surface area contributed by atoms with E-state index in [1.165, 1.54) is 0 Å². The van der Waals surface area contributed by atoms with Gasteiger partial charge in [-0.15, -0.1) is 0 Å². The first kappa shape index (κ1) is 23.2. The van der Waals surface area contributed by atoms with Crippen molar-refractivity contribution in [1.82, 2.24) is 15.2 Å². The Labute approximate surface area is 215 Å². The van der Waals surface area contributed by atoms with Crippen LogP contribution in [0, 0.1) is 5.82 Å². The maximum Gasteiger partial charge on any atom is 0.318 e. The molecule has 2 bridgehead atoms. The van der Waals surface area contributed by atoms with Gasteiger partial charge in [-0.3, -0.25) is 4.98 Å². The summed E-state index contributed by atoms with van der Waals surface area (Å²) >= 11 is 0. The van der Waals surface area contributed by atoms with Crippen molar-refractivity contribution in [3.05, 3.63) is 102 Å². The quantitative estimate of drug-likeness (QED) is 0.342. The molecule has 2 aliphatic rings. The van der Waals surface area contributed by atoms with Crippen molar-refractivity contribution in [1.29, 1.82) is 0 Å². The van der Waals surface area contributed by atoms with E-state index in [9.17, 15) is 4.79 Å². The molecule has 186 valence electrons. The van der Waals surface area contributed by atoms with Crippen LogP contribution >= 0.6 is 0 Å². The van der Waals surface area contributed by atoms with Gasteiger partial charge in [0.1, 0.15) is 11.6 Å². The highest BCUT2D eigenvalue weighted by Crippen LogP contribution is 2.39. The molecular weight excluding hydrogens is 465 g/mol. The van der Waals surface area contributed by atoms with Crippen molar-refractivity contribution in [3.63, 3.8) is 0 Å². The van der Waals surface area contributed by atoms with Crippen molar-refractivity contribution in [2.24, 2.45) is 0 Å². The molecule has 3 heterocycles. The van der Waals surface area contributed by atoms with Gasteiger partial charge in [-0.2, -0.15) is 0 Å². The number of methoxy groups -OCH3 is 1. The van der Waals surface area contributed by atoms with E-state index < -0.39 is 0 Å². The summed E-state index contributed by atoms with van der Waals surface area (Å²) in [6.45, 7) is 0.464. The zero-order valence-electron chi connectivity index (χ0n) is 20.7. The van der Waals surface area contributed by atoms with Crippen LogP contribution in [0.4, 0.5) is 9.18 Å². The minimum Gasteiger partial charge on any atom is -0.497 e. The smallest absolute Gasteiger partial charge is 0.318 e. The maximum atomic E-state index is 15.3. The van der Waals surface area contributed by atoms with E-state index in [1.54, 1.807) is 19.4 Å². The predicted octanol–water partition coefficient (Wildman–Crippen LogP) is 6.58. The van der Waals surface area contributed by atoms with Crippen molar-refractivity contribution in [2.75, 3.05) is 7.11 Å². The monoisotopic (exact) mass is 493 g/mol. The summed E-state index contributed by atoms with van der Waals surface area (Å²) in [7, 11) is 1.63. The first-order valence-electron chi connectivity index (χ1n) is 12.6. The molecule has 37 heavy (non-hydrogen) atoms. The lowest BCUT2D eigenvalue weighted by Crippen LogP contribution is -2.48. The molecule has 0 radical (unpaired) electrons. The van der Waals surface area contributed by atoms with Crippen molar-refractivity contribution >= 4 is 22.5 Å². The van der Waals surface area contributed by atoms with E-state index in [0.29, 0.717) is 12.1 Å². The van der Waals surface area contributed by atoms with Gasteiger partial charge in [0, 0.05) is 35.3 Å². The Morgan fingerprint density at radius 2 is 1.89 bits per heavy atom. The average molecular weight is 494 g/mol. The molecule has 2 aliphatic heterocycles. The fourth-order valence-corrected chi connectivity index (χ4v) is 5.54. The van der Waals surface area contributed by atoms with Crippen molar-refractivity contribution in [3.8, 4) is 16.9 Å². The molecule has 6 rings (SSSR count). The average Bonchev–Trinajstić information content (AvgIpc) is 3.20. The third kappa shape index (κ3) is 4.55. The first-order chi connectivity index (χ1) is 18.1. The van der Waals surface area contributed by atoms with Crippen LogP contribution < -0.4 is 10.1 Å². The van der Waals surface area contributed by atoms with Crippen LogP contribution in [0.1, 0.15) is 30.4 Å². The van der Waals surface area contributed by atoms with Crippen molar-refractivity contribution in [2.45, 2.75) is 37.9 Å². The number of ether oxygens (including phenoxy) is 1. The number of hydrogen-bond acceptors (Lipinski definition) is 3. The number of halogens is 1. The minimum absolute atomic E-state index is 0.0250. The summed E-state index contributed by atoms with van der Waals surface area (Å²) in [5, 5.41) is 4.05. The Morgan fingerprint density at radius 1 is 1.05 bits per heavy atom. The number of urea groups is 1. The number of pyridine rings is 1. The van der Waals surface area contributed by atoms with E-state index in [0.717, 1.165) is 58.2 Å². The number of amides is 2. The number of para-hydroxylation sites is 1. The lowest BCUT2D eigenvalue weighted by Gasteiger charge is -2.34. The topological polar surface area (TPSA) is 54.5 Å². The molecule has 1 aromatic heterocycles. The van der Waals surface area contributed by atoms with E-state index >= 15 is 4.39 Å². The number of rotatable bonds is 5. The van der Waals surface area contributed by atoms with Crippen LogP contribution in [-0.4, -0.2) is 35.1 Å². The summed E-state index contributed by atoms with van der Waals surface area (Å²) in [6.07, 6.45) is 6.46. The minimum atomic E-state index is -0.262. The number of carbonyl (C=O) groups is 1.